The number of fused-ring (bicyclic) bond motifs is 6. The molecule has 1 N–H and O–H groups in total. The summed E-state index contributed by atoms with van der Waals surface area (Å²) in [6.45, 7) is 0. The van der Waals surface area contributed by atoms with E-state index in [1.165, 1.54) is 45.4 Å². The van der Waals surface area contributed by atoms with Gasteiger partial charge in [-0.2, -0.15) is 0 Å². The van der Waals surface area contributed by atoms with Gasteiger partial charge in [0.25, 0.3) is 0 Å². The molecule has 5 atom stereocenters. The summed E-state index contributed by atoms with van der Waals surface area (Å²) in [5, 5.41) is 4.08. The Labute approximate surface area is 129 Å². The van der Waals surface area contributed by atoms with Gasteiger partial charge >= 0.3 is 4.87 Å². The van der Waals surface area contributed by atoms with E-state index >= 15 is 0 Å². The molecule has 5 rings (SSSR count). The van der Waals surface area contributed by atoms with Crippen LogP contribution >= 0.6 is 34.4 Å². The Hall–Kier alpha value is -0.520. The highest BCUT2D eigenvalue weighted by Crippen LogP contribution is 2.63. The summed E-state index contributed by atoms with van der Waals surface area (Å²) in [6, 6.07) is 4.42. The minimum atomic E-state index is 0.122. The molecule has 0 radical (unpaired) electrons. The molecule has 0 spiro atoms. The minimum absolute atomic E-state index is 0.122. The van der Waals surface area contributed by atoms with E-state index in [1.54, 1.807) is 0 Å². The molecule has 5 heteroatoms. The molecule has 0 aromatic carbocycles. The zero-order valence-electron chi connectivity index (χ0n) is 10.9. The second-order valence-corrected chi connectivity index (χ2v) is 9.38. The van der Waals surface area contributed by atoms with Crippen molar-refractivity contribution in [3.8, 4) is 0 Å². The van der Waals surface area contributed by atoms with Crippen LogP contribution in [0.4, 0.5) is 0 Å². The van der Waals surface area contributed by atoms with Crippen LogP contribution in [0, 0.1) is 17.8 Å². The van der Waals surface area contributed by atoms with Gasteiger partial charge in [0.05, 0.1) is 5.03 Å². The zero-order chi connectivity index (χ0) is 13.3. The maximum Gasteiger partial charge on any atom is 0.305 e. The van der Waals surface area contributed by atoms with Crippen molar-refractivity contribution in [1.82, 2.24) is 4.98 Å². The lowest BCUT2D eigenvalue weighted by Gasteiger charge is -2.39. The molecule has 2 aromatic rings. The number of thiophene rings is 1. The third kappa shape index (κ3) is 1.54. The molecule has 3 aliphatic rings. The van der Waals surface area contributed by atoms with Crippen LogP contribution in [0.2, 0.25) is 0 Å². The molecule has 2 aliphatic carbocycles. The molecule has 2 bridgehead atoms. The Kier molecular flexibility index (Phi) is 2.56. The third-order valence-electron chi connectivity index (χ3n) is 5.32. The highest BCUT2D eigenvalue weighted by Gasteiger charge is 2.54. The highest BCUT2D eigenvalue weighted by molar-refractivity contribution is 8.00. The summed E-state index contributed by atoms with van der Waals surface area (Å²) < 4.78 is 0. The largest absolute Gasteiger partial charge is 0.307 e. The molecule has 0 unspecified atom stereocenters. The Morgan fingerprint density at radius 2 is 2.15 bits per heavy atom. The minimum Gasteiger partial charge on any atom is -0.307 e. The second kappa shape index (κ2) is 4.24. The molecule has 1 aliphatic heterocycles. The predicted molar refractivity (Wildman–Crippen MR) is 85.1 cm³/mol. The smallest absolute Gasteiger partial charge is 0.305 e. The number of aromatic nitrogens is 1. The van der Waals surface area contributed by atoms with E-state index in [0.29, 0.717) is 5.92 Å². The lowest BCUT2D eigenvalue weighted by molar-refractivity contribution is 0.310. The fourth-order valence-corrected chi connectivity index (χ4v) is 8.49. The van der Waals surface area contributed by atoms with Crippen LogP contribution in [0.15, 0.2) is 27.3 Å². The first-order valence-corrected chi connectivity index (χ1v) is 9.82. The van der Waals surface area contributed by atoms with Crippen molar-refractivity contribution in [3.63, 3.8) is 0 Å². The van der Waals surface area contributed by atoms with Gasteiger partial charge in [0, 0.05) is 20.9 Å². The molecule has 0 saturated heterocycles. The topological polar surface area (TPSA) is 32.9 Å². The van der Waals surface area contributed by atoms with E-state index in [0.717, 1.165) is 23.0 Å². The van der Waals surface area contributed by atoms with Crippen LogP contribution in [-0.2, 0) is 0 Å². The van der Waals surface area contributed by atoms with E-state index in [-0.39, 0.29) is 4.87 Å². The Bertz CT molecular complexity index is 701. The predicted octanol–water partition coefficient (Wildman–Crippen LogP) is 4.15. The molecular formula is C15H15NOS3. The van der Waals surface area contributed by atoms with Crippen LogP contribution in [0.25, 0.3) is 0 Å². The molecule has 20 heavy (non-hydrogen) atoms. The van der Waals surface area contributed by atoms with Crippen LogP contribution in [0.1, 0.15) is 34.9 Å². The molecule has 0 amide bonds. The number of nitrogens with one attached hydrogen (secondary N) is 1. The van der Waals surface area contributed by atoms with Crippen molar-refractivity contribution in [3.05, 3.63) is 36.9 Å². The number of thiazole rings is 1. The Morgan fingerprint density at radius 1 is 1.25 bits per heavy atom. The van der Waals surface area contributed by atoms with Gasteiger partial charge in [-0.1, -0.05) is 17.4 Å². The average molecular weight is 321 g/mol. The molecule has 3 heterocycles. The van der Waals surface area contributed by atoms with Crippen molar-refractivity contribution < 1.29 is 0 Å². The fraction of sp³-hybridized carbons (Fsp3) is 0.533. The average Bonchev–Trinajstić information content (AvgIpc) is 3.19. The van der Waals surface area contributed by atoms with E-state index in [2.05, 4.69) is 22.5 Å². The number of hydrogen-bond donors (Lipinski definition) is 1. The third-order valence-corrected chi connectivity index (χ3v) is 8.89. The maximum absolute atomic E-state index is 11.8. The lowest BCUT2D eigenvalue weighted by atomic mass is 9.77. The van der Waals surface area contributed by atoms with Crippen molar-refractivity contribution in [1.29, 1.82) is 0 Å². The molecule has 2 aromatic heterocycles. The summed E-state index contributed by atoms with van der Waals surface area (Å²) >= 11 is 5.28. The van der Waals surface area contributed by atoms with Gasteiger partial charge in [-0.25, -0.2) is 0 Å². The number of aromatic amines is 1. The van der Waals surface area contributed by atoms with Crippen molar-refractivity contribution >= 4 is 34.4 Å². The van der Waals surface area contributed by atoms with Gasteiger partial charge in [0.2, 0.25) is 0 Å². The monoisotopic (exact) mass is 321 g/mol. The molecule has 2 nitrogen and oxygen atoms in total. The summed E-state index contributed by atoms with van der Waals surface area (Å²) in [5.74, 6) is 3.01. The Balaban J connectivity index is 1.71. The fourth-order valence-electron chi connectivity index (χ4n) is 4.64. The SMILES string of the molecule is O=c1[nH]c2c(s1)[C@H](c1cccs1)[C@@H]1[C@@H]3CC[C@@H](C3)[C@@H]1S2. The summed E-state index contributed by atoms with van der Waals surface area (Å²) in [5.41, 5.74) is 0. The van der Waals surface area contributed by atoms with E-state index in [4.69, 9.17) is 0 Å². The number of hydrogen-bond acceptors (Lipinski definition) is 4. The first-order valence-electron chi connectivity index (χ1n) is 7.24. The van der Waals surface area contributed by atoms with Crippen LogP contribution < -0.4 is 4.87 Å². The number of H-pyrrole nitrogens is 1. The molecule has 104 valence electrons. The van der Waals surface area contributed by atoms with E-state index in [1.807, 2.05) is 23.1 Å². The Morgan fingerprint density at radius 3 is 3.00 bits per heavy atom. The quantitative estimate of drug-likeness (QED) is 0.856. The lowest BCUT2D eigenvalue weighted by Crippen LogP contribution is -2.33. The normalized spacial score (nSPS) is 37.9. The summed E-state index contributed by atoms with van der Waals surface area (Å²) in [7, 11) is 0. The van der Waals surface area contributed by atoms with Crippen molar-refractivity contribution in [2.45, 2.75) is 35.5 Å². The summed E-state index contributed by atoms with van der Waals surface area (Å²) in [4.78, 5) is 17.8. The summed E-state index contributed by atoms with van der Waals surface area (Å²) in [6.07, 6.45) is 4.23. The number of thioether (sulfide) groups is 1. The van der Waals surface area contributed by atoms with Crippen molar-refractivity contribution in [2.75, 3.05) is 0 Å². The molecule has 2 fully saturated rings. The van der Waals surface area contributed by atoms with Crippen LogP contribution in [0.5, 0.6) is 0 Å². The van der Waals surface area contributed by atoms with E-state index in [9.17, 15) is 4.79 Å². The first-order chi connectivity index (χ1) is 9.81. The standard InChI is InChI=1S/C15H15NOS3/c17-15-16-14-13(20-15)11(9-2-1-5-18-9)10-7-3-4-8(6-7)12(10)19-14/h1-2,5,7-8,10-12H,3-4,6H2,(H,16,17)/t7-,8+,10+,11-,12+/m1/s1. The second-order valence-electron chi connectivity index (χ2n) is 6.19. The molecule has 2 saturated carbocycles. The van der Waals surface area contributed by atoms with Gasteiger partial charge in [0.15, 0.2) is 0 Å². The van der Waals surface area contributed by atoms with Gasteiger partial charge in [-0.3, -0.25) is 4.79 Å². The highest BCUT2D eigenvalue weighted by atomic mass is 32.2. The van der Waals surface area contributed by atoms with Crippen LogP contribution in [0.3, 0.4) is 0 Å². The van der Waals surface area contributed by atoms with Gasteiger partial charge in [-0.15, -0.1) is 23.1 Å². The number of rotatable bonds is 1. The maximum atomic E-state index is 11.8. The zero-order valence-corrected chi connectivity index (χ0v) is 13.3. The van der Waals surface area contributed by atoms with Gasteiger partial charge < -0.3 is 4.98 Å². The van der Waals surface area contributed by atoms with Crippen LogP contribution in [-0.4, -0.2) is 10.2 Å². The van der Waals surface area contributed by atoms with E-state index < -0.39 is 0 Å². The molecular weight excluding hydrogens is 306 g/mol. The first kappa shape index (κ1) is 12.1. The van der Waals surface area contributed by atoms with Gasteiger partial charge in [-0.05, 0) is 48.5 Å². The van der Waals surface area contributed by atoms with Crippen molar-refractivity contribution in [2.24, 2.45) is 17.8 Å². The van der Waals surface area contributed by atoms with Gasteiger partial charge in [0.1, 0.15) is 0 Å².